The number of rotatable bonds is 4. The molecule has 0 aliphatic rings. The van der Waals surface area contributed by atoms with Crippen molar-refractivity contribution in [1.29, 1.82) is 0 Å². The monoisotopic (exact) mass is 148 g/mol. The van der Waals surface area contributed by atoms with E-state index in [2.05, 4.69) is 20.8 Å². The molecule has 56 valence electrons. The van der Waals surface area contributed by atoms with Crippen molar-refractivity contribution < 1.29 is 4.74 Å². The van der Waals surface area contributed by atoms with Crippen LogP contribution in [0.25, 0.3) is 0 Å². The highest BCUT2D eigenvalue weighted by Crippen LogP contribution is 2.16. The van der Waals surface area contributed by atoms with Crippen LogP contribution in [0.5, 0.6) is 0 Å². The molecule has 0 saturated heterocycles. The van der Waals surface area contributed by atoms with Crippen molar-refractivity contribution in [3.8, 4) is 0 Å². The molecule has 0 amide bonds. The third-order valence-corrected chi connectivity index (χ3v) is 2.05. The summed E-state index contributed by atoms with van der Waals surface area (Å²) in [5, 5.41) is 1.35. The Morgan fingerprint density at radius 1 is 1.33 bits per heavy atom. The molecule has 0 fully saturated rings. The fraction of sp³-hybridized carbons (Fsp3) is 1.00. The third kappa shape index (κ3) is 6.19. The Morgan fingerprint density at radius 3 is 2.22 bits per heavy atom. The Bertz CT molecular complexity index is 63.9. The second-order valence-corrected chi connectivity index (χ2v) is 4.47. The fourth-order valence-corrected chi connectivity index (χ4v) is 1.88. The van der Waals surface area contributed by atoms with Crippen molar-refractivity contribution in [1.82, 2.24) is 0 Å². The van der Waals surface area contributed by atoms with Gasteiger partial charge < -0.3 is 4.74 Å². The maximum Gasteiger partial charge on any atom is 0.0578 e. The molecule has 0 aromatic rings. The van der Waals surface area contributed by atoms with Crippen LogP contribution >= 0.6 is 11.8 Å². The van der Waals surface area contributed by atoms with Gasteiger partial charge in [0.05, 0.1) is 6.61 Å². The SMILES string of the molecule is COCC(C)SC(C)C. The fourth-order valence-electron chi connectivity index (χ4n) is 0.739. The van der Waals surface area contributed by atoms with E-state index in [1.165, 1.54) is 0 Å². The molecule has 0 radical (unpaired) electrons. The largest absolute Gasteiger partial charge is 0.384 e. The summed E-state index contributed by atoms with van der Waals surface area (Å²) in [5.74, 6) is 0. The van der Waals surface area contributed by atoms with E-state index in [0.29, 0.717) is 5.25 Å². The van der Waals surface area contributed by atoms with E-state index in [4.69, 9.17) is 4.74 Å². The Balaban J connectivity index is 3.15. The molecule has 0 rings (SSSR count). The Hall–Kier alpha value is 0.310. The summed E-state index contributed by atoms with van der Waals surface area (Å²) in [6.45, 7) is 7.46. The highest BCUT2D eigenvalue weighted by molar-refractivity contribution is 8.00. The van der Waals surface area contributed by atoms with Crippen LogP contribution in [0.15, 0.2) is 0 Å². The van der Waals surface area contributed by atoms with E-state index in [9.17, 15) is 0 Å². The van der Waals surface area contributed by atoms with E-state index < -0.39 is 0 Å². The number of hydrogen-bond donors (Lipinski definition) is 0. The first-order valence-corrected chi connectivity index (χ1v) is 4.25. The van der Waals surface area contributed by atoms with Crippen molar-refractivity contribution in [3.63, 3.8) is 0 Å². The van der Waals surface area contributed by atoms with Crippen molar-refractivity contribution in [2.75, 3.05) is 13.7 Å². The molecule has 0 saturated carbocycles. The highest BCUT2D eigenvalue weighted by atomic mass is 32.2. The van der Waals surface area contributed by atoms with Crippen LogP contribution < -0.4 is 0 Å². The summed E-state index contributed by atoms with van der Waals surface area (Å²) in [6.07, 6.45) is 0. The van der Waals surface area contributed by atoms with E-state index >= 15 is 0 Å². The summed E-state index contributed by atoms with van der Waals surface area (Å²) in [4.78, 5) is 0. The zero-order valence-electron chi connectivity index (χ0n) is 6.68. The molecular weight excluding hydrogens is 132 g/mol. The molecule has 0 aromatic heterocycles. The molecule has 0 aliphatic carbocycles. The average Bonchev–Trinajstić information content (AvgIpc) is 1.63. The maximum absolute atomic E-state index is 4.98. The van der Waals surface area contributed by atoms with Crippen molar-refractivity contribution in [3.05, 3.63) is 0 Å². The molecule has 0 N–H and O–H groups in total. The molecule has 1 atom stereocenters. The summed E-state index contributed by atoms with van der Waals surface area (Å²) < 4.78 is 4.98. The van der Waals surface area contributed by atoms with Crippen molar-refractivity contribution in [2.45, 2.75) is 31.3 Å². The highest BCUT2D eigenvalue weighted by Gasteiger charge is 2.02. The van der Waals surface area contributed by atoms with Gasteiger partial charge in [0.2, 0.25) is 0 Å². The number of thioether (sulfide) groups is 1. The number of ether oxygens (including phenoxy) is 1. The van der Waals surface area contributed by atoms with Crippen LogP contribution in [0, 0.1) is 0 Å². The van der Waals surface area contributed by atoms with E-state index in [1.54, 1.807) is 7.11 Å². The molecule has 0 spiro atoms. The Kier molecular flexibility index (Phi) is 5.30. The first kappa shape index (κ1) is 9.31. The predicted octanol–water partition coefficient (Wildman–Crippen LogP) is 2.16. The minimum Gasteiger partial charge on any atom is -0.384 e. The van der Waals surface area contributed by atoms with Crippen LogP contribution in [0.4, 0.5) is 0 Å². The smallest absolute Gasteiger partial charge is 0.0578 e. The summed E-state index contributed by atoms with van der Waals surface area (Å²) in [7, 11) is 1.75. The van der Waals surface area contributed by atoms with Gasteiger partial charge in [0.15, 0.2) is 0 Å². The molecule has 9 heavy (non-hydrogen) atoms. The molecular formula is C7H16OS. The van der Waals surface area contributed by atoms with Gasteiger partial charge in [0.1, 0.15) is 0 Å². The van der Waals surface area contributed by atoms with Crippen LogP contribution in [0.3, 0.4) is 0 Å². The first-order valence-electron chi connectivity index (χ1n) is 3.31. The van der Waals surface area contributed by atoms with Gasteiger partial charge in [-0.3, -0.25) is 0 Å². The standard InChI is InChI=1S/C7H16OS/c1-6(2)9-7(3)5-8-4/h6-7H,5H2,1-4H3. The summed E-state index contributed by atoms with van der Waals surface area (Å²) in [6, 6.07) is 0. The normalized spacial score (nSPS) is 14.3. The Morgan fingerprint density at radius 2 is 1.89 bits per heavy atom. The second-order valence-electron chi connectivity index (χ2n) is 2.45. The van der Waals surface area contributed by atoms with Gasteiger partial charge >= 0.3 is 0 Å². The summed E-state index contributed by atoms with van der Waals surface area (Å²) in [5.41, 5.74) is 0. The zero-order valence-corrected chi connectivity index (χ0v) is 7.49. The van der Waals surface area contributed by atoms with Gasteiger partial charge in [0.25, 0.3) is 0 Å². The molecule has 1 unspecified atom stereocenters. The Labute approximate surface area is 62.2 Å². The lowest BCUT2D eigenvalue weighted by Crippen LogP contribution is -2.08. The lowest BCUT2D eigenvalue weighted by atomic mass is 10.5. The quantitative estimate of drug-likeness (QED) is 0.604. The number of hydrogen-bond acceptors (Lipinski definition) is 2. The van der Waals surface area contributed by atoms with Crippen LogP contribution in [0.2, 0.25) is 0 Å². The van der Waals surface area contributed by atoms with Gasteiger partial charge in [-0.15, -0.1) is 0 Å². The minimum absolute atomic E-state index is 0.634. The van der Waals surface area contributed by atoms with Gasteiger partial charge in [-0.2, -0.15) is 11.8 Å². The molecule has 2 heteroatoms. The average molecular weight is 148 g/mol. The van der Waals surface area contributed by atoms with Crippen molar-refractivity contribution in [2.24, 2.45) is 0 Å². The predicted molar refractivity (Wildman–Crippen MR) is 44.1 cm³/mol. The molecule has 0 bridgehead atoms. The maximum atomic E-state index is 4.98. The lowest BCUT2D eigenvalue weighted by molar-refractivity contribution is 0.203. The third-order valence-electron chi connectivity index (χ3n) is 0.906. The van der Waals surface area contributed by atoms with Crippen LogP contribution in [-0.2, 0) is 4.74 Å². The van der Waals surface area contributed by atoms with Gasteiger partial charge in [0, 0.05) is 12.4 Å². The zero-order chi connectivity index (χ0) is 7.28. The van der Waals surface area contributed by atoms with E-state index in [1.807, 2.05) is 11.8 Å². The second kappa shape index (κ2) is 5.12. The number of methoxy groups -OCH3 is 1. The molecule has 1 nitrogen and oxygen atoms in total. The summed E-state index contributed by atoms with van der Waals surface area (Å²) >= 11 is 1.95. The van der Waals surface area contributed by atoms with Crippen LogP contribution in [0.1, 0.15) is 20.8 Å². The van der Waals surface area contributed by atoms with Crippen molar-refractivity contribution >= 4 is 11.8 Å². The molecule has 0 aliphatic heterocycles. The van der Waals surface area contributed by atoms with E-state index in [-0.39, 0.29) is 0 Å². The topological polar surface area (TPSA) is 9.23 Å². The van der Waals surface area contributed by atoms with Gasteiger partial charge in [-0.25, -0.2) is 0 Å². The van der Waals surface area contributed by atoms with Gasteiger partial charge in [-0.05, 0) is 5.25 Å². The van der Waals surface area contributed by atoms with Gasteiger partial charge in [-0.1, -0.05) is 20.8 Å². The van der Waals surface area contributed by atoms with Crippen LogP contribution in [-0.4, -0.2) is 24.2 Å². The minimum atomic E-state index is 0.634. The first-order chi connectivity index (χ1) is 4.16. The molecule has 0 heterocycles. The molecule has 0 aromatic carbocycles. The van der Waals surface area contributed by atoms with E-state index in [0.717, 1.165) is 11.9 Å². The lowest BCUT2D eigenvalue weighted by Gasteiger charge is -2.11.